The van der Waals surface area contributed by atoms with Crippen LogP contribution in [-0.4, -0.2) is 15.2 Å². The van der Waals surface area contributed by atoms with E-state index in [1.165, 1.54) is 5.56 Å². The fraction of sp³-hybridized carbons (Fsp3) is 0.118. The van der Waals surface area contributed by atoms with Crippen molar-refractivity contribution in [2.75, 3.05) is 10.6 Å². The minimum absolute atomic E-state index is 0.429. The average Bonchev–Trinajstić information content (AvgIpc) is 2.54. The zero-order chi connectivity index (χ0) is 16.2. The molecular weight excluding hydrogens is 310 g/mol. The Labute approximate surface area is 139 Å². The number of rotatable bonds is 4. The van der Waals surface area contributed by atoms with Crippen LogP contribution in [0.4, 0.5) is 23.1 Å². The molecular formula is C17H16ClN5. The Bertz CT molecular complexity index is 817. The first-order chi connectivity index (χ1) is 11.1. The van der Waals surface area contributed by atoms with E-state index in [0.29, 0.717) is 16.8 Å². The van der Waals surface area contributed by atoms with Crippen molar-refractivity contribution in [1.29, 1.82) is 0 Å². The van der Waals surface area contributed by atoms with Crippen LogP contribution in [0, 0.1) is 13.8 Å². The molecule has 3 rings (SSSR count). The third-order valence-corrected chi connectivity index (χ3v) is 3.56. The van der Waals surface area contributed by atoms with Gasteiger partial charge in [0, 0.05) is 16.4 Å². The van der Waals surface area contributed by atoms with Crippen LogP contribution in [0.25, 0.3) is 0 Å². The van der Waals surface area contributed by atoms with E-state index < -0.39 is 0 Å². The number of nitrogens with one attached hydrogen (secondary N) is 2. The Morgan fingerprint density at radius 2 is 1.74 bits per heavy atom. The summed E-state index contributed by atoms with van der Waals surface area (Å²) < 4.78 is 0. The average molecular weight is 326 g/mol. The van der Waals surface area contributed by atoms with Gasteiger partial charge in [0.2, 0.25) is 5.95 Å². The topological polar surface area (TPSA) is 62.7 Å². The summed E-state index contributed by atoms with van der Waals surface area (Å²) in [5.41, 5.74) is 4.07. The molecule has 2 aromatic carbocycles. The molecule has 0 radical (unpaired) electrons. The Morgan fingerprint density at radius 1 is 0.957 bits per heavy atom. The zero-order valence-electron chi connectivity index (χ0n) is 12.8. The minimum atomic E-state index is 0.429. The number of aryl methyl sites for hydroxylation is 2. The highest BCUT2D eigenvalue weighted by molar-refractivity contribution is 6.30. The standard InChI is InChI=1S/C17H16ClN5/c1-11-3-7-14(8-4-11)20-17-22-16(10-19-23-17)21-15-9-13(18)6-5-12(15)2/h3-10H,1-2H3,(H2,20,21,22,23). The van der Waals surface area contributed by atoms with E-state index >= 15 is 0 Å². The summed E-state index contributed by atoms with van der Waals surface area (Å²) in [5, 5.41) is 15.0. The summed E-state index contributed by atoms with van der Waals surface area (Å²) >= 11 is 6.03. The number of aromatic nitrogens is 3. The van der Waals surface area contributed by atoms with Gasteiger partial charge in [0.1, 0.15) is 0 Å². The lowest BCUT2D eigenvalue weighted by Gasteiger charge is -2.10. The quantitative estimate of drug-likeness (QED) is 0.732. The molecule has 1 aromatic heterocycles. The predicted octanol–water partition coefficient (Wildman–Crippen LogP) is 4.63. The molecule has 0 saturated heterocycles. The third-order valence-electron chi connectivity index (χ3n) is 3.33. The summed E-state index contributed by atoms with van der Waals surface area (Å²) in [5.74, 6) is 1.03. The van der Waals surface area contributed by atoms with Crippen LogP contribution < -0.4 is 10.6 Å². The Kier molecular flexibility index (Phi) is 4.39. The molecule has 2 N–H and O–H groups in total. The number of hydrogen-bond acceptors (Lipinski definition) is 5. The molecule has 1 heterocycles. The van der Waals surface area contributed by atoms with Crippen molar-refractivity contribution in [3.63, 3.8) is 0 Å². The molecule has 0 aliphatic heterocycles. The molecule has 0 bridgehead atoms. The number of anilines is 4. The first kappa shape index (κ1) is 15.2. The van der Waals surface area contributed by atoms with E-state index in [1.54, 1.807) is 6.20 Å². The van der Waals surface area contributed by atoms with Crippen LogP contribution in [0.1, 0.15) is 11.1 Å². The number of nitrogens with zero attached hydrogens (tertiary/aromatic N) is 3. The molecule has 6 heteroatoms. The highest BCUT2D eigenvalue weighted by Gasteiger charge is 2.04. The van der Waals surface area contributed by atoms with Crippen molar-refractivity contribution in [3.8, 4) is 0 Å². The minimum Gasteiger partial charge on any atom is -0.339 e. The Balaban J connectivity index is 1.79. The first-order valence-electron chi connectivity index (χ1n) is 7.17. The van der Waals surface area contributed by atoms with E-state index in [0.717, 1.165) is 16.9 Å². The lowest BCUT2D eigenvalue weighted by atomic mass is 10.2. The van der Waals surface area contributed by atoms with Crippen molar-refractivity contribution in [2.24, 2.45) is 0 Å². The lowest BCUT2D eigenvalue weighted by Crippen LogP contribution is -2.03. The van der Waals surface area contributed by atoms with E-state index in [2.05, 4.69) is 25.8 Å². The number of halogens is 1. The van der Waals surface area contributed by atoms with Crippen molar-refractivity contribution >= 4 is 34.7 Å². The maximum Gasteiger partial charge on any atom is 0.249 e. The monoisotopic (exact) mass is 325 g/mol. The molecule has 0 aliphatic rings. The second-order valence-corrected chi connectivity index (χ2v) is 5.68. The van der Waals surface area contributed by atoms with Gasteiger partial charge in [0.05, 0.1) is 6.20 Å². The molecule has 23 heavy (non-hydrogen) atoms. The molecule has 5 nitrogen and oxygen atoms in total. The van der Waals surface area contributed by atoms with E-state index in [-0.39, 0.29) is 0 Å². The summed E-state index contributed by atoms with van der Waals surface area (Å²) in [6.45, 7) is 4.04. The molecule has 116 valence electrons. The van der Waals surface area contributed by atoms with Gasteiger partial charge in [-0.05, 0) is 43.7 Å². The molecule has 0 spiro atoms. The van der Waals surface area contributed by atoms with Crippen LogP contribution in [0.2, 0.25) is 5.02 Å². The van der Waals surface area contributed by atoms with Crippen molar-refractivity contribution in [1.82, 2.24) is 15.2 Å². The fourth-order valence-corrected chi connectivity index (χ4v) is 2.22. The molecule has 3 aromatic rings. The Hall–Kier alpha value is -2.66. The van der Waals surface area contributed by atoms with Gasteiger partial charge in [0.15, 0.2) is 5.82 Å². The number of benzene rings is 2. The highest BCUT2D eigenvalue weighted by atomic mass is 35.5. The van der Waals surface area contributed by atoms with Crippen LogP contribution in [0.3, 0.4) is 0 Å². The van der Waals surface area contributed by atoms with Gasteiger partial charge in [-0.15, -0.1) is 5.10 Å². The van der Waals surface area contributed by atoms with Gasteiger partial charge in [-0.2, -0.15) is 10.1 Å². The summed E-state index contributed by atoms with van der Waals surface area (Å²) in [6.07, 6.45) is 1.57. The SMILES string of the molecule is Cc1ccc(Nc2nncc(Nc3cc(Cl)ccc3C)n2)cc1. The Morgan fingerprint density at radius 3 is 2.52 bits per heavy atom. The van der Waals surface area contributed by atoms with Crippen LogP contribution in [-0.2, 0) is 0 Å². The molecule has 0 aliphatic carbocycles. The first-order valence-corrected chi connectivity index (χ1v) is 7.54. The van der Waals surface area contributed by atoms with E-state index in [9.17, 15) is 0 Å². The van der Waals surface area contributed by atoms with Crippen molar-refractivity contribution in [3.05, 3.63) is 64.8 Å². The summed E-state index contributed by atoms with van der Waals surface area (Å²) in [7, 11) is 0. The maximum atomic E-state index is 6.03. The zero-order valence-corrected chi connectivity index (χ0v) is 13.6. The molecule has 0 amide bonds. The third kappa shape index (κ3) is 3.96. The van der Waals surface area contributed by atoms with Gasteiger partial charge >= 0.3 is 0 Å². The van der Waals surface area contributed by atoms with Gasteiger partial charge in [-0.25, -0.2) is 0 Å². The molecule has 0 atom stereocenters. The van der Waals surface area contributed by atoms with Gasteiger partial charge in [-0.3, -0.25) is 0 Å². The van der Waals surface area contributed by atoms with Gasteiger partial charge in [-0.1, -0.05) is 35.4 Å². The maximum absolute atomic E-state index is 6.03. The second kappa shape index (κ2) is 6.62. The number of hydrogen-bond donors (Lipinski definition) is 2. The molecule has 0 unspecified atom stereocenters. The fourth-order valence-electron chi connectivity index (χ4n) is 2.05. The van der Waals surface area contributed by atoms with Crippen molar-refractivity contribution < 1.29 is 0 Å². The largest absolute Gasteiger partial charge is 0.339 e. The van der Waals surface area contributed by atoms with Gasteiger partial charge in [0.25, 0.3) is 0 Å². The van der Waals surface area contributed by atoms with Gasteiger partial charge < -0.3 is 10.6 Å². The second-order valence-electron chi connectivity index (χ2n) is 5.24. The van der Waals surface area contributed by atoms with E-state index in [1.807, 2.05) is 56.3 Å². The smallest absolute Gasteiger partial charge is 0.249 e. The normalized spacial score (nSPS) is 10.4. The molecule has 0 fully saturated rings. The predicted molar refractivity (Wildman–Crippen MR) is 93.8 cm³/mol. The van der Waals surface area contributed by atoms with Crippen molar-refractivity contribution in [2.45, 2.75) is 13.8 Å². The van der Waals surface area contributed by atoms with E-state index in [4.69, 9.17) is 11.6 Å². The highest BCUT2D eigenvalue weighted by Crippen LogP contribution is 2.23. The summed E-state index contributed by atoms with van der Waals surface area (Å²) in [4.78, 5) is 4.42. The summed E-state index contributed by atoms with van der Waals surface area (Å²) in [6, 6.07) is 13.6. The van der Waals surface area contributed by atoms with Crippen LogP contribution in [0.15, 0.2) is 48.7 Å². The van der Waals surface area contributed by atoms with Crippen LogP contribution in [0.5, 0.6) is 0 Å². The molecule has 0 saturated carbocycles. The van der Waals surface area contributed by atoms with Crippen LogP contribution >= 0.6 is 11.6 Å². The lowest BCUT2D eigenvalue weighted by molar-refractivity contribution is 0.982.